The fourth-order valence-electron chi connectivity index (χ4n) is 8.73. The van der Waals surface area contributed by atoms with Crippen LogP contribution >= 0.6 is 0 Å². The van der Waals surface area contributed by atoms with Gasteiger partial charge in [-0.1, -0.05) is 64.8 Å². The fourth-order valence-corrected chi connectivity index (χ4v) is 8.73. The normalized spacial score (nSPS) is 44.1. The first kappa shape index (κ1) is 22.6. The lowest BCUT2D eigenvalue weighted by atomic mass is 9.48. The van der Waals surface area contributed by atoms with E-state index in [9.17, 15) is 5.11 Å². The number of allylic oxidation sites excluding steroid dienone is 3. The van der Waals surface area contributed by atoms with Crippen molar-refractivity contribution < 1.29 is 5.11 Å². The molecule has 0 bridgehead atoms. The second kappa shape index (κ2) is 8.42. The third kappa shape index (κ3) is 3.66. The highest BCUT2D eigenvalue weighted by Crippen LogP contribution is 2.66. The van der Waals surface area contributed by atoms with Crippen LogP contribution in [0.1, 0.15) is 105 Å². The van der Waals surface area contributed by atoms with Crippen LogP contribution in [0.15, 0.2) is 23.8 Å². The predicted octanol–water partition coefficient (Wildman–Crippen LogP) is 7.94. The standard InChI is InChI=1S/C29H48O/c1-7-21(19(2)3)9-8-20(4)25-12-13-26-24-11-10-22-18-23(30)14-16-28(22,5)27(24)15-17-29(25,26)6/h15,19,21-26,30H,4,7-14,16-18H2,1-3,5-6H3/t21-,22+,23+,24+,25-,26+,28+,29-/m1/s1. The average Bonchev–Trinajstić information content (AvgIpc) is 3.06. The van der Waals surface area contributed by atoms with E-state index >= 15 is 0 Å². The minimum atomic E-state index is -0.0500. The first-order valence-corrected chi connectivity index (χ1v) is 13.3. The summed E-state index contributed by atoms with van der Waals surface area (Å²) in [5.41, 5.74) is 4.17. The van der Waals surface area contributed by atoms with E-state index < -0.39 is 0 Å². The molecule has 1 nitrogen and oxygen atoms in total. The second-order valence-corrected chi connectivity index (χ2v) is 12.4. The van der Waals surface area contributed by atoms with Crippen LogP contribution in [0.4, 0.5) is 0 Å². The van der Waals surface area contributed by atoms with E-state index in [0.29, 0.717) is 16.7 Å². The Labute approximate surface area is 186 Å². The minimum Gasteiger partial charge on any atom is -0.393 e. The lowest BCUT2D eigenvalue weighted by Gasteiger charge is -2.57. The van der Waals surface area contributed by atoms with E-state index in [4.69, 9.17) is 0 Å². The van der Waals surface area contributed by atoms with E-state index in [1.54, 1.807) is 5.57 Å². The van der Waals surface area contributed by atoms with Crippen LogP contribution in [0, 0.1) is 46.3 Å². The highest BCUT2D eigenvalue weighted by Gasteiger charge is 2.57. The van der Waals surface area contributed by atoms with Gasteiger partial charge in [-0.05, 0) is 111 Å². The molecule has 0 radical (unpaired) electrons. The van der Waals surface area contributed by atoms with Crippen LogP contribution in [0.5, 0.6) is 0 Å². The SMILES string of the molecule is C=C(CC[C@@H](CC)C(C)C)[C@H]1CC[C@H]2[C@@H]3CC[C@H]4C[C@@H](O)CC[C@]4(C)C3=CC[C@]12C. The van der Waals surface area contributed by atoms with Gasteiger partial charge in [0.1, 0.15) is 0 Å². The molecule has 0 unspecified atom stereocenters. The maximum Gasteiger partial charge on any atom is 0.0543 e. The van der Waals surface area contributed by atoms with E-state index in [1.807, 2.05) is 5.57 Å². The number of aliphatic hydroxyl groups excluding tert-OH is 1. The summed E-state index contributed by atoms with van der Waals surface area (Å²) in [7, 11) is 0. The van der Waals surface area contributed by atoms with Gasteiger partial charge >= 0.3 is 0 Å². The topological polar surface area (TPSA) is 20.2 Å². The summed E-state index contributed by atoms with van der Waals surface area (Å²) in [5.74, 6) is 4.74. The van der Waals surface area contributed by atoms with Crippen LogP contribution in [0.2, 0.25) is 0 Å². The Morgan fingerprint density at radius 1 is 1.17 bits per heavy atom. The Bertz CT molecular complexity index is 674. The molecule has 0 spiro atoms. The number of hydrogen-bond donors (Lipinski definition) is 1. The molecule has 1 N–H and O–H groups in total. The molecule has 0 saturated heterocycles. The molecule has 0 heterocycles. The third-order valence-corrected chi connectivity index (χ3v) is 10.8. The van der Waals surface area contributed by atoms with Crippen molar-refractivity contribution >= 4 is 0 Å². The summed E-state index contributed by atoms with van der Waals surface area (Å²) >= 11 is 0. The molecular weight excluding hydrogens is 364 g/mol. The molecule has 0 aromatic rings. The van der Waals surface area contributed by atoms with Crippen molar-refractivity contribution in [2.24, 2.45) is 46.3 Å². The summed E-state index contributed by atoms with van der Waals surface area (Å²) < 4.78 is 0. The van der Waals surface area contributed by atoms with E-state index in [2.05, 4.69) is 47.3 Å². The van der Waals surface area contributed by atoms with Crippen LogP contribution in [0.3, 0.4) is 0 Å². The van der Waals surface area contributed by atoms with Gasteiger partial charge in [0, 0.05) is 0 Å². The molecule has 30 heavy (non-hydrogen) atoms. The van der Waals surface area contributed by atoms with Crippen molar-refractivity contribution in [2.45, 2.75) is 111 Å². The van der Waals surface area contributed by atoms with E-state index in [1.165, 1.54) is 57.8 Å². The monoisotopic (exact) mass is 412 g/mol. The quantitative estimate of drug-likeness (QED) is 0.439. The molecule has 1 heteroatoms. The third-order valence-electron chi connectivity index (χ3n) is 10.8. The first-order chi connectivity index (χ1) is 14.2. The fraction of sp³-hybridized carbons (Fsp3) is 0.862. The Morgan fingerprint density at radius 3 is 2.63 bits per heavy atom. The molecule has 3 fully saturated rings. The zero-order valence-corrected chi connectivity index (χ0v) is 20.6. The molecule has 4 aliphatic carbocycles. The second-order valence-electron chi connectivity index (χ2n) is 12.4. The van der Waals surface area contributed by atoms with Crippen molar-refractivity contribution in [3.8, 4) is 0 Å². The molecule has 0 aliphatic heterocycles. The molecule has 0 aromatic carbocycles. The summed E-state index contributed by atoms with van der Waals surface area (Å²) in [6.07, 6.45) is 16.5. The number of hydrogen-bond acceptors (Lipinski definition) is 1. The lowest BCUT2D eigenvalue weighted by molar-refractivity contribution is -0.0105. The van der Waals surface area contributed by atoms with Crippen LogP contribution in [-0.4, -0.2) is 11.2 Å². The van der Waals surface area contributed by atoms with Gasteiger partial charge in [-0.15, -0.1) is 0 Å². The minimum absolute atomic E-state index is 0.0500. The van der Waals surface area contributed by atoms with Crippen molar-refractivity contribution in [1.82, 2.24) is 0 Å². The predicted molar refractivity (Wildman–Crippen MR) is 128 cm³/mol. The van der Waals surface area contributed by atoms with Crippen LogP contribution < -0.4 is 0 Å². The molecular formula is C29H48O. The highest BCUT2D eigenvalue weighted by molar-refractivity contribution is 5.30. The number of fused-ring (bicyclic) bond motifs is 5. The first-order valence-electron chi connectivity index (χ1n) is 13.3. The summed E-state index contributed by atoms with van der Waals surface area (Å²) in [5, 5.41) is 10.3. The van der Waals surface area contributed by atoms with Crippen molar-refractivity contribution in [3.63, 3.8) is 0 Å². The zero-order valence-electron chi connectivity index (χ0n) is 20.6. The Morgan fingerprint density at radius 2 is 1.93 bits per heavy atom. The van der Waals surface area contributed by atoms with Gasteiger partial charge in [-0.2, -0.15) is 0 Å². The van der Waals surface area contributed by atoms with Gasteiger partial charge in [0.25, 0.3) is 0 Å². The number of aliphatic hydroxyl groups is 1. The Kier molecular flexibility index (Phi) is 6.35. The van der Waals surface area contributed by atoms with Gasteiger partial charge in [-0.3, -0.25) is 0 Å². The van der Waals surface area contributed by atoms with Crippen molar-refractivity contribution in [2.75, 3.05) is 0 Å². The van der Waals surface area contributed by atoms with Crippen LogP contribution in [-0.2, 0) is 0 Å². The maximum atomic E-state index is 10.3. The van der Waals surface area contributed by atoms with Gasteiger partial charge < -0.3 is 5.11 Å². The maximum absolute atomic E-state index is 10.3. The van der Waals surface area contributed by atoms with Crippen molar-refractivity contribution in [1.29, 1.82) is 0 Å². The van der Waals surface area contributed by atoms with Gasteiger partial charge in [0.15, 0.2) is 0 Å². The molecule has 0 aromatic heterocycles. The summed E-state index contributed by atoms with van der Waals surface area (Å²) in [4.78, 5) is 0. The van der Waals surface area contributed by atoms with Crippen LogP contribution in [0.25, 0.3) is 0 Å². The Hall–Kier alpha value is -0.560. The Balaban J connectivity index is 1.50. The summed E-state index contributed by atoms with van der Waals surface area (Å²) in [6, 6.07) is 0. The molecule has 8 atom stereocenters. The molecule has 4 rings (SSSR count). The van der Waals surface area contributed by atoms with E-state index in [0.717, 1.165) is 42.4 Å². The average molecular weight is 413 g/mol. The highest BCUT2D eigenvalue weighted by atomic mass is 16.3. The largest absolute Gasteiger partial charge is 0.393 e. The smallest absolute Gasteiger partial charge is 0.0543 e. The molecule has 0 amide bonds. The van der Waals surface area contributed by atoms with Gasteiger partial charge in [0.05, 0.1) is 6.10 Å². The van der Waals surface area contributed by atoms with E-state index in [-0.39, 0.29) is 6.10 Å². The van der Waals surface area contributed by atoms with Gasteiger partial charge in [0.2, 0.25) is 0 Å². The molecule has 3 saturated carbocycles. The summed E-state index contributed by atoms with van der Waals surface area (Å²) in [6.45, 7) is 17.0. The van der Waals surface area contributed by atoms with Crippen molar-refractivity contribution in [3.05, 3.63) is 23.8 Å². The van der Waals surface area contributed by atoms with Gasteiger partial charge in [-0.25, -0.2) is 0 Å². The molecule has 170 valence electrons. The lowest BCUT2D eigenvalue weighted by Crippen LogP contribution is -2.48. The molecule has 4 aliphatic rings. The zero-order chi connectivity index (χ0) is 21.7. The number of rotatable bonds is 6.